The van der Waals surface area contributed by atoms with Gasteiger partial charge in [-0.05, 0) is 28.1 Å². The molecule has 0 aliphatic heterocycles. The summed E-state index contributed by atoms with van der Waals surface area (Å²) >= 11 is 6.59. The minimum absolute atomic E-state index is 0.0793. The van der Waals surface area contributed by atoms with E-state index in [2.05, 4.69) is 6.07 Å². The van der Waals surface area contributed by atoms with Crippen LogP contribution < -0.4 is 0 Å². The molecule has 118 valence electrons. The first-order valence-corrected chi connectivity index (χ1v) is 8.58. The number of halogens is 1. The van der Waals surface area contributed by atoms with Gasteiger partial charge in [0.05, 0.1) is 0 Å². The van der Waals surface area contributed by atoms with Crippen molar-refractivity contribution in [3.63, 3.8) is 0 Å². The molecule has 1 aliphatic carbocycles. The second kappa shape index (κ2) is 5.30. The highest BCUT2D eigenvalue weighted by molar-refractivity contribution is 6.37. The summed E-state index contributed by atoms with van der Waals surface area (Å²) in [5.41, 5.74) is 5.48. The summed E-state index contributed by atoms with van der Waals surface area (Å²) in [5, 5.41) is 2.64. The highest BCUT2D eigenvalue weighted by atomic mass is 35.5. The van der Waals surface area contributed by atoms with Crippen molar-refractivity contribution in [2.75, 3.05) is 0 Å². The molecule has 1 aliphatic rings. The van der Waals surface area contributed by atoms with E-state index < -0.39 is 0 Å². The number of carbonyl (C=O) groups excluding carboxylic acids is 1. The summed E-state index contributed by atoms with van der Waals surface area (Å²) < 4.78 is 0. The van der Waals surface area contributed by atoms with Gasteiger partial charge in [-0.1, -0.05) is 84.4 Å². The zero-order valence-corrected chi connectivity index (χ0v) is 14.0. The molecule has 4 aromatic rings. The molecule has 0 unspecified atom stereocenters. The van der Waals surface area contributed by atoms with Crippen LogP contribution in [0.5, 0.6) is 0 Å². The van der Waals surface area contributed by atoms with Gasteiger partial charge >= 0.3 is 0 Å². The molecule has 0 spiro atoms. The Hall–Kier alpha value is -2.90. The number of ketones is 1. The maximum atomic E-state index is 13.2. The first-order valence-electron chi connectivity index (χ1n) is 8.20. The number of rotatable bonds is 1. The van der Waals surface area contributed by atoms with Gasteiger partial charge in [0.1, 0.15) is 0 Å². The average molecular weight is 341 g/mol. The van der Waals surface area contributed by atoms with Gasteiger partial charge in [-0.3, -0.25) is 4.79 Å². The Morgan fingerprint density at radius 3 is 2.08 bits per heavy atom. The molecule has 0 saturated carbocycles. The monoisotopic (exact) mass is 340 g/mol. The van der Waals surface area contributed by atoms with E-state index in [9.17, 15) is 4.79 Å². The molecular formula is C23H13ClO. The molecule has 5 rings (SSSR count). The molecular weight excluding hydrogens is 328 g/mol. The Kier molecular flexibility index (Phi) is 3.06. The first-order chi connectivity index (χ1) is 12.3. The molecule has 0 saturated heterocycles. The lowest BCUT2D eigenvalue weighted by atomic mass is 9.91. The van der Waals surface area contributed by atoms with E-state index in [1.807, 2.05) is 72.8 Å². The molecule has 1 nitrogen and oxygen atoms in total. The molecule has 0 amide bonds. The smallest absolute Gasteiger partial charge is 0.194 e. The molecule has 25 heavy (non-hydrogen) atoms. The fraction of sp³-hybridized carbons (Fsp3) is 0. The molecule has 0 aromatic heterocycles. The Balaban J connectivity index is 1.95. The third kappa shape index (κ3) is 2.00. The van der Waals surface area contributed by atoms with Crippen LogP contribution in [0.1, 0.15) is 15.9 Å². The number of hydrogen-bond donors (Lipinski definition) is 0. The van der Waals surface area contributed by atoms with Crippen molar-refractivity contribution >= 4 is 28.2 Å². The molecule has 0 bridgehead atoms. The van der Waals surface area contributed by atoms with E-state index in [1.54, 1.807) is 0 Å². The van der Waals surface area contributed by atoms with Crippen LogP contribution in [0.15, 0.2) is 78.9 Å². The predicted molar refractivity (Wildman–Crippen MR) is 103 cm³/mol. The van der Waals surface area contributed by atoms with Crippen LogP contribution in [0.25, 0.3) is 33.0 Å². The van der Waals surface area contributed by atoms with Crippen molar-refractivity contribution in [2.45, 2.75) is 0 Å². The third-order valence-corrected chi connectivity index (χ3v) is 5.20. The minimum atomic E-state index is 0.0793. The minimum Gasteiger partial charge on any atom is -0.289 e. The molecule has 0 radical (unpaired) electrons. The van der Waals surface area contributed by atoms with Crippen LogP contribution in [0, 0.1) is 0 Å². The zero-order chi connectivity index (χ0) is 17.0. The maximum absolute atomic E-state index is 13.2. The van der Waals surface area contributed by atoms with Crippen molar-refractivity contribution in [1.29, 1.82) is 0 Å². The van der Waals surface area contributed by atoms with E-state index in [0.717, 1.165) is 44.2 Å². The van der Waals surface area contributed by atoms with E-state index in [-0.39, 0.29) is 5.78 Å². The van der Waals surface area contributed by atoms with Crippen LogP contribution in [-0.4, -0.2) is 5.78 Å². The van der Waals surface area contributed by atoms with Gasteiger partial charge in [0.25, 0.3) is 0 Å². The van der Waals surface area contributed by atoms with E-state index in [4.69, 9.17) is 11.6 Å². The van der Waals surface area contributed by atoms with Crippen molar-refractivity contribution in [1.82, 2.24) is 0 Å². The Morgan fingerprint density at radius 2 is 1.28 bits per heavy atom. The Morgan fingerprint density at radius 1 is 0.600 bits per heavy atom. The second-order valence-corrected chi connectivity index (χ2v) is 6.66. The number of benzene rings is 4. The standard InChI is InChI=1S/C23H13ClO/c24-19-13-11-15-10-12-17-16-8-4-5-9-18(16)23(25)22(17)21(15)20(19)14-6-2-1-3-7-14/h1-13H. The number of fused-ring (bicyclic) bond motifs is 5. The van der Waals surface area contributed by atoms with Crippen LogP contribution in [0.4, 0.5) is 0 Å². The van der Waals surface area contributed by atoms with E-state index >= 15 is 0 Å². The van der Waals surface area contributed by atoms with Crippen LogP contribution >= 0.6 is 11.6 Å². The van der Waals surface area contributed by atoms with Crippen LogP contribution in [-0.2, 0) is 0 Å². The lowest BCUT2D eigenvalue weighted by molar-refractivity contribution is 0.104. The normalized spacial score (nSPS) is 12.3. The van der Waals surface area contributed by atoms with E-state index in [0.29, 0.717) is 5.02 Å². The summed E-state index contributed by atoms with van der Waals surface area (Å²) in [6, 6.07) is 25.8. The second-order valence-electron chi connectivity index (χ2n) is 6.25. The summed E-state index contributed by atoms with van der Waals surface area (Å²) in [7, 11) is 0. The molecule has 2 heteroatoms. The first kappa shape index (κ1) is 14.4. The van der Waals surface area contributed by atoms with Gasteiger partial charge < -0.3 is 0 Å². The maximum Gasteiger partial charge on any atom is 0.194 e. The van der Waals surface area contributed by atoms with Crippen molar-refractivity contribution in [3.8, 4) is 22.3 Å². The van der Waals surface area contributed by atoms with Crippen molar-refractivity contribution < 1.29 is 4.79 Å². The van der Waals surface area contributed by atoms with Gasteiger partial charge in [0.15, 0.2) is 5.78 Å². The molecule has 4 aromatic carbocycles. The lowest BCUT2D eigenvalue weighted by Gasteiger charge is -2.13. The average Bonchev–Trinajstić information content (AvgIpc) is 2.95. The van der Waals surface area contributed by atoms with Gasteiger partial charge in [-0.2, -0.15) is 0 Å². The number of carbonyl (C=O) groups is 1. The zero-order valence-electron chi connectivity index (χ0n) is 13.3. The number of hydrogen-bond acceptors (Lipinski definition) is 1. The van der Waals surface area contributed by atoms with Crippen LogP contribution in [0.3, 0.4) is 0 Å². The van der Waals surface area contributed by atoms with Crippen molar-refractivity contribution in [3.05, 3.63) is 95.0 Å². The third-order valence-electron chi connectivity index (χ3n) is 4.89. The topological polar surface area (TPSA) is 17.1 Å². The highest BCUT2D eigenvalue weighted by Crippen LogP contribution is 2.45. The van der Waals surface area contributed by atoms with E-state index in [1.165, 1.54) is 0 Å². The predicted octanol–water partition coefficient (Wildman–Crippen LogP) is 6.37. The summed E-state index contributed by atoms with van der Waals surface area (Å²) in [5.74, 6) is 0.0793. The quantitative estimate of drug-likeness (QED) is 0.346. The molecule has 0 heterocycles. The fourth-order valence-electron chi connectivity index (χ4n) is 3.79. The molecule has 0 N–H and O–H groups in total. The lowest BCUT2D eigenvalue weighted by Crippen LogP contribution is -1.98. The van der Waals surface area contributed by atoms with Crippen molar-refractivity contribution in [2.24, 2.45) is 0 Å². The summed E-state index contributed by atoms with van der Waals surface area (Å²) in [6.45, 7) is 0. The fourth-order valence-corrected chi connectivity index (χ4v) is 4.06. The highest BCUT2D eigenvalue weighted by Gasteiger charge is 2.29. The van der Waals surface area contributed by atoms with Gasteiger partial charge in [-0.25, -0.2) is 0 Å². The SMILES string of the molecule is O=C1c2ccccc2-c2ccc3ccc(Cl)c(-c4ccccc4)c3c21. The Bertz CT molecular complexity index is 1160. The Labute approximate surface area is 150 Å². The largest absolute Gasteiger partial charge is 0.289 e. The molecule has 0 fully saturated rings. The van der Waals surface area contributed by atoms with Crippen LogP contribution in [0.2, 0.25) is 5.02 Å². The summed E-state index contributed by atoms with van der Waals surface area (Å²) in [4.78, 5) is 13.2. The van der Waals surface area contributed by atoms with Gasteiger partial charge in [0.2, 0.25) is 0 Å². The summed E-state index contributed by atoms with van der Waals surface area (Å²) in [6.07, 6.45) is 0. The molecule has 0 atom stereocenters. The van der Waals surface area contributed by atoms with Gasteiger partial charge in [-0.15, -0.1) is 0 Å². The van der Waals surface area contributed by atoms with Gasteiger partial charge in [0, 0.05) is 27.1 Å².